The van der Waals surface area contributed by atoms with E-state index in [9.17, 15) is 4.79 Å². The number of carbonyl (C=O) groups excluding carboxylic acids is 1. The molecule has 2 aromatic carbocycles. The molecule has 1 aliphatic rings. The molecule has 0 saturated carbocycles. The third-order valence-electron chi connectivity index (χ3n) is 5.49. The first-order valence-corrected chi connectivity index (χ1v) is 12.7. The van der Waals surface area contributed by atoms with E-state index < -0.39 is 6.04 Å². The lowest BCUT2D eigenvalue weighted by atomic mass is 9.94. The summed E-state index contributed by atoms with van der Waals surface area (Å²) in [6.45, 7) is 9.16. The summed E-state index contributed by atoms with van der Waals surface area (Å²) in [7, 11) is 0. The van der Waals surface area contributed by atoms with E-state index in [4.69, 9.17) is 14.2 Å². The van der Waals surface area contributed by atoms with Crippen LogP contribution in [0.5, 0.6) is 17.2 Å². The smallest absolute Gasteiger partial charge is 0.255 e. The Morgan fingerprint density at radius 3 is 2.61 bits per heavy atom. The summed E-state index contributed by atoms with van der Waals surface area (Å²) in [6, 6.07) is 10.5. The molecule has 1 amide bonds. The van der Waals surface area contributed by atoms with Gasteiger partial charge in [-0.25, -0.2) is 0 Å². The summed E-state index contributed by atoms with van der Waals surface area (Å²) in [4.78, 5) is 13.7. The van der Waals surface area contributed by atoms with Gasteiger partial charge in [-0.05, 0) is 83.4 Å². The van der Waals surface area contributed by atoms with E-state index in [0.29, 0.717) is 64.4 Å². The number of halogens is 1. The summed E-state index contributed by atoms with van der Waals surface area (Å²) in [6.07, 6.45) is 0.859. The number of benzene rings is 2. The van der Waals surface area contributed by atoms with Crippen LogP contribution in [-0.2, 0) is 4.79 Å². The molecule has 36 heavy (non-hydrogen) atoms. The van der Waals surface area contributed by atoms with Gasteiger partial charge < -0.3 is 24.8 Å². The molecule has 0 fully saturated rings. The number of tetrazole rings is 1. The number of hydrogen-bond acceptors (Lipinski definition) is 8. The van der Waals surface area contributed by atoms with Crippen LogP contribution in [0.1, 0.15) is 45.7 Å². The van der Waals surface area contributed by atoms with Crippen LogP contribution in [-0.4, -0.2) is 45.9 Å². The number of amides is 1. The van der Waals surface area contributed by atoms with Gasteiger partial charge in [0.15, 0.2) is 11.5 Å². The van der Waals surface area contributed by atoms with Crippen molar-refractivity contribution in [1.82, 2.24) is 20.2 Å². The van der Waals surface area contributed by atoms with Gasteiger partial charge in [0.1, 0.15) is 11.8 Å². The first-order chi connectivity index (χ1) is 17.5. The summed E-state index contributed by atoms with van der Waals surface area (Å²) >= 11 is 3.63. The number of fused-ring (bicyclic) bond motifs is 1. The summed E-state index contributed by atoms with van der Waals surface area (Å²) in [5, 5.41) is 18.2. The molecule has 0 bridgehead atoms. The van der Waals surface area contributed by atoms with Crippen molar-refractivity contribution in [2.75, 3.05) is 30.5 Å². The highest BCUT2D eigenvalue weighted by Crippen LogP contribution is 2.43. The Kier molecular flexibility index (Phi) is 8.09. The third-order valence-corrected chi connectivity index (χ3v) is 6.08. The molecule has 190 valence electrons. The van der Waals surface area contributed by atoms with Crippen LogP contribution in [0.15, 0.2) is 52.1 Å². The van der Waals surface area contributed by atoms with Crippen molar-refractivity contribution in [1.29, 1.82) is 0 Å². The van der Waals surface area contributed by atoms with Crippen LogP contribution in [0.4, 0.5) is 11.6 Å². The van der Waals surface area contributed by atoms with Crippen molar-refractivity contribution >= 4 is 33.5 Å². The number of anilines is 2. The number of nitrogens with one attached hydrogen (secondary N) is 2. The molecule has 1 aromatic heterocycles. The summed E-state index contributed by atoms with van der Waals surface area (Å²) in [5.41, 5.74) is 2.42. The normalized spacial score (nSPS) is 14.6. The molecule has 0 radical (unpaired) electrons. The highest BCUT2D eigenvalue weighted by Gasteiger charge is 2.35. The van der Waals surface area contributed by atoms with Crippen molar-refractivity contribution < 1.29 is 19.0 Å². The maximum absolute atomic E-state index is 13.7. The molecule has 0 saturated heterocycles. The molecule has 2 N–H and O–H groups in total. The average Bonchev–Trinajstić information content (AvgIpc) is 3.32. The maximum atomic E-state index is 13.7. The van der Waals surface area contributed by atoms with E-state index >= 15 is 0 Å². The minimum Gasteiger partial charge on any atom is -0.492 e. The zero-order chi connectivity index (χ0) is 25.7. The predicted molar refractivity (Wildman–Crippen MR) is 140 cm³/mol. The van der Waals surface area contributed by atoms with Crippen LogP contribution >= 0.6 is 15.9 Å². The Balaban J connectivity index is 1.78. The minimum absolute atomic E-state index is 0.307. The lowest BCUT2D eigenvalue weighted by Gasteiger charge is -2.29. The monoisotopic (exact) mass is 556 g/mol. The van der Waals surface area contributed by atoms with E-state index in [1.165, 1.54) is 0 Å². The zero-order valence-corrected chi connectivity index (χ0v) is 22.3. The van der Waals surface area contributed by atoms with E-state index in [1.807, 2.05) is 58.0 Å². The van der Waals surface area contributed by atoms with Gasteiger partial charge in [0, 0.05) is 5.70 Å². The van der Waals surface area contributed by atoms with Gasteiger partial charge >= 0.3 is 0 Å². The van der Waals surface area contributed by atoms with E-state index in [-0.39, 0.29) is 5.91 Å². The number of rotatable bonds is 10. The Morgan fingerprint density at radius 2 is 1.86 bits per heavy atom. The van der Waals surface area contributed by atoms with Gasteiger partial charge in [0.05, 0.1) is 35.6 Å². The standard InChI is InChI=1S/C25H29BrN6O4/c1-5-12-36-23-17(26)13-16(14-20(23)35-7-3)22-21(15(4)27-25-29-30-31-32(22)25)24(33)28-18-10-8-9-11-19(18)34-6-2/h8-11,13-14,22H,5-7,12H2,1-4H3,(H,28,33)(H,27,29,31). The first kappa shape index (κ1) is 25.5. The fraction of sp³-hybridized carbons (Fsp3) is 0.360. The molecule has 11 heteroatoms. The molecular formula is C25H29BrN6O4. The molecule has 10 nitrogen and oxygen atoms in total. The lowest BCUT2D eigenvalue weighted by molar-refractivity contribution is -0.113. The number of para-hydroxylation sites is 2. The number of nitrogens with zero attached hydrogens (tertiary/aromatic N) is 4. The SMILES string of the molecule is CCCOc1c(Br)cc(C2C(C(=O)Nc3ccccc3OCC)=C(C)Nc3nnnn32)cc1OCC. The number of aromatic nitrogens is 4. The van der Waals surface area contributed by atoms with Gasteiger partial charge in [-0.2, -0.15) is 4.68 Å². The Bertz CT molecular complexity index is 1280. The van der Waals surface area contributed by atoms with Crippen LogP contribution in [0.25, 0.3) is 0 Å². The molecule has 0 spiro atoms. The van der Waals surface area contributed by atoms with Gasteiger partial charge in [-0.15, -0.1) is 0 Å². The number of hydrogen-bond donors (Lipinski definition) is 2. The summed E-state index contributed by atoms with van der Waals surface area (Å²) in [5.74, 6) is 1.91. The number of allylic oxidation sites excluding steroid dienone is 1. The van der Waals surface area contributed by atoms with Crippen molar-refractivity contribution in [3.63, 3.8) is 0 Å². The minimum atomic E-state index is -0.619. The van der Waals surface area contributed by atoms with Crippen LogP contribution in [0, 0.1) is 0 Å². The second-order valence-corrected chi connectivity index (χ2v) is 8.86. The molecular weight excluding hydrogens is 528 g/mol. The molecule has 0 aliphatic carbocycles. The molecule has 1 unspecified atom stereocenters. The molecule has 2 heterocycles. The highest BCUT2D eigenvalue weighted by atomic mass is 79.9. The summed E-state index contributed by atoms with van der Waals surface area (Å²) < 4.78 is 19.8. The molecule has 1 aliphatic heterocycles. The van der Waals surface area contributed by atoms with Gasteiger partial charge in [0.2, 0.25) is 5.95 Å². The van der Waals surface area contributed by atoms with Crippen LogP contribution < -0.4 is 24.8 Å². The Labute approximate surface area is 218 Å². The van der Waals surface area contributed by atoms with Crippen molar-refractivity contribution in [3.8, 4) is 17.2 Å². The second-order valence-electron chi connectivity index (χ2n) is 8.01. The molecule has 3 aromatic rings. The fourth-order valence-electron chi connectivity index (χ4n) is 4.01. The van der Waals surface area contributed by atoms with Gasteiger partial charge in [-0.3, -0.25) is 4.79 Å². The average molecular weight is 557 g/mol. The maximum Gasteiger partial charge on any atom is 0.255 e. The highest BCUT2D eigenvalue weighted by molar-refractivity contribution is 9.10. The zero-order valence-electron chi connectivity index (χ0n) is 20.7. The fourth-order valence-corrected chi connectivity index (χ4v) is 4.58. The van der Waals surface area contributed by atoms with E-state index in [1.54, 1.807) is 10.7 Å². The first-order valence-electron chi connectivity index (χ1n) is 11.9. The largest absolute Gasteiger partial charge is 0.492 e. The molecule has 1 atom stereocenters. The quantitative estimate of drug-likeness (QED) is 0.360. The third kappa shape index (κ3) is 5.15. The van der Waals surface area contributed by atoms with Gasteiger partial charge in [0.25, 0.3) is 5.91 Å². The lowest BCUT2D eigenvalue weighted by Crippen LogP contribution is -2.31. The van der Waals surface area contributed by atoms with Crippen molar-refractivity contribution in [2.24, 2.45) is 0 Å². The van der Waals surface area contributed by atoms with Crippen LogP contribution in [0.2, 0.25) is 0 Å². The van der Waals surface area contributed by atoms with Crippen molar-refractivity contribution in [2.45, 2.75) is 40.2 Å². The van der Waals surface area contributed by atoms with Crippen LogP contribution in [0.3, 0.4) is 0 Å². The predicted octanol–water partition coefficient (Wildman–Crippen LogP) is 4.95. The number of ether oxygens (including phenoxy) is 3. The van der Waals surface area contributed by atoms with Crippen molar-refractivity contribution in [3.05, 3.63) is 57.7 Å². The Morgan fingerprint density at radius 1 is 1.11 bits per heavy atom. The number of carbonyl (C=O) groups is 1. The topological polar surface area (TPSA) is 112 Å². The molecule has 4 rings (SSSR count). The van der Waals surface area contributed by atoms with Gasteiger partial charge in [-0.1, -0.05) is 24.2 Å². The second kappa shape index (κ2) is 11.4. The Hall–Kier alpha value is -3.60. The van der Waals surface area contributed by atoms with E-state index in [0.717, 1.165) is 12.0 Å². The van der Waals surface area contributed by atoms with E-state index in [2.05, 4.69) is 42.1 Å².